The minimum absolute atomic E-state index is 0.0609. The second-order valence-electron chi connectivity index (χ2n) is 11.6. The van der Waals surface area contributed by atoms with Gasteiger partial charge in [-0.2, -0.15) is 29.9 Å². The summed E-state index contributed by atoms with van der Waals surface area (Å²) in [5.74, 6) is 2.17. The molecular weight excluding hydrogens is 658 g/mol. The van der Waals surface area contributed by atoms with E-state index in [-0.39, 0.29) is 6.61 Å². The summed E-state index contributed by atoms with van der Waals surface area (Å²) in [6.45, 7) is 1.37. The van der Waals surface area contributed by atoms with E-state index in [4.69, 9.17) is 17.2 Å². The number of rotatable bonds is 17. The van der Waals surface area contributed by atoms with Gasteiger partial charge in [-0.05, 0) is 78.6 Å². The molecule has 0 amide bonds. The van der Waals surface area contributed by atoms with Crippen LogP contribution in [-0.4, -0.2) is 61.3 Å². The summed E-state index contributed by atoms with van der Waals surface area (Å²) >= 11 is 0. The first-order valence-electron chi connectivity index (χ1n) is 16.7. The Hall–Kier alpha value is -6.94. The molecule has 2 heterocycles. The molecule has 0 saturated carbocycles. The van der Waals surface area contributed by atoms with E-state index in [1.165, 1.54) is 0 Å². The number of anilines is 12. The summed E-state index contributed by atoms with van der Waals surface area (Å²) in [4.78, 5) is 27.1. The third-order valence-electron chi connectivity index (χ3n) is 7.59. The lowest BCUT2D eigenvalue weighted by Gasteiger charge is -2.13. The van der Waals surface area contributed by atoms with E-state index < -0.39 is 0 Å². The molecule has 6 aromatic rings. The zero-order chi connectivity index (χ0) is 36.1. The Kier molecular flexibility index (Phi) is 11.5. The number of para-hydroxylation sites is 1. The van der Waals surface area contributed by atoms with Crippen molar-refractivity contribution in [1.29, 1.82) is 0 Å². The summed E-state index contributed by atoms with van der Waals surface area (Å²) in [6.07, 6.45) is 1.40. The molecule has 0 radical (unpaired) electrons. The molecule has 2 aromatic heterocycles. The van der Waals surface area contributed by atoms with Crippen molar-refractivity contribution in [2.75, 3.05) is 75.3 Å². The van der Waals surface area contributed by atoms with E-state index >= 15 is 0 Å². The van der Waals surface area contributed by atoms with E-state index in [0.29, 0.717) is 79.5 Å². The maximum absolute atomic E-state index is 9.26. The number of aliphatic hydroxyl groups is 1. The van der Waals surface area contributed by atoms with E-state index in [1.807, 2.05) is 78.9 Å². The van der Waals surface area contributed by atoms with Gasteiger partial charge in [0.2, 0.25) is 35.7 Å². The minimum atomic E-state index is -0.0609. The van der Waals surface area contributed by atoms with Gasteiger partial charge in [0.15, 0.2) is 0 Å². The Morgan fingerprint density at radius 3 is 1.48 bits per heavy atom. The van der Waals surface area contributed by atoms with Gasteiger partial charge in [0.25, 0.3) is 0 Å². The van der Waals surface area contributed by atoms with Gasteiger partial charge in [-0.1, -0.05) is 42.5 Å². The van der Waals surface area contributed by atoms with Crippen molar-refractivity contribution in [3.8, 4) is 0 Å². The van der Waals surface area contributed by atoms with Gasteiger partial charge < -0.3 is 54.2 Å². The highest BCUT2D eigenvalue weighted by Gasteiger charge is 2.10. The Bertz CT molecular complexity index is 2080. The minimum Gasteiger partial charge on any atom is -0.399 e. The maximum atomic E-state index is 9.26. The van der Waals surface area contributed by atoms with E-state index in [2.05, 4.69) is 61.8 Å². The Morgan fingerprint density at radius 2 is 0.942 bits per heavy atom. The average Bonchev–Trinajstić information content (AvgIpc) is 3.12. The Balaban J connectivity index is 1.09. The molecule has 0 aliphatic heterocycles. The van der Waals surface area contributed by atoms with Gasteiger partial charge in [0.05, 0.1) is 6.61 Å². The first kappa shape index (κ1) is 34.9. The third-order valence-corrected chi connectivity index (χ3v) is 7.59. The molecule has 13 N–H and O–H groups in total. The number of nitrogens with one attached hydrogen (secondary N) is 6. The van der Waals surface area contributed by atoms with Crippen molar-refractivity contribution in [2.45, 2.75) is 12.8 Å². The fourth-order valence-electron chi connectivity index (χ4n) is 5.09. The van der Waals surface area contributed by atoms with E-state index in [1.54, 1.807) is 18.2 Å². The van der Waals surface area contributed by atoms with Gasteiger partial charge in [0.1, 0.15) is 0 Å². The Morgan fingerprint density at radius 1 is 0.462 bits per heavy atom. The smallest absolute Gasteiger partial charge is 0.233 e. The quantitative estimate of drug-likeness (QED) is 0.0577. The van der Waals surface area contributed by atoms with Crippen LogP contribution in [0.3, 0.4) is 0 Å². The van der Waals surface area contributed by atoms with Crippen LogP contribution in [0.2, 0.25) is 0 Å². The molecule has 0 aliphatic rings. The molecule has 0 aliphatic carbocycles. The van der Waals surface area contributed by atoms with Crippen molar-refractivity contribution in [2.24, 2.45) is 0 Å². The summed E-state index contributed by atoms with van der Waals surface area (Å²) in [5.41, 5.74) is 24.4. The fraction of sp³-hybridized carbons (Fsp3) is 0.167. The molecule has 0 saturated heterocycles. The molecule has 0 spiro atoms. The van der Waals surface area contributed by atoms with Crippen LogP contribution in [0.25, 0.3) is 0 Å². The highest BCUT2D eigenvalue weighted by Crippen LogP contribution is 2.22. The highest BCUT2D eigenvalue weighted by molar-refractivity contribution is 5.63. The van der Waals surface area contributed by atoms with Crippen molar-refractivity contribution in [1.82, 2.24) is 29.9 Å². The number of aromatic nitrogens is 6. The highest BCUT2D eigenvalue weighted by atomic mass is 16.3. The van der Waals surface area contributed by atoms with Crippen molar-refractivity contribution in [3.05, 3.63) is 108 Å². The van der Waals surface area contributed by atoms with Crippen LogP contribution < -0.4 is 49.1 Å². The van der Waals surface area contributed by atoms with Crippen LogP contribution in [0.5, 0.6) is 0 Å². The lowest BCUT2D eigenvalue weighted by atomic mass is 10.1. The molecular formula is C36H41N15O. The molecule has 4 aromatic carbocycles. The normalized spacial score (nSPS) is 10.7. The lowest BCUT2D eigenvalue weighted by molar-refractivity contribution is 0.311. The number of nitrogens with zero attached hydrogens (tertiary/aromatic N) is 6. The third kappa shape index (κ3) is 10.3. The number of aliphatic hydroxyl groups excluding tert-OH is 1. The van der Waals surface area contributed by atoms with Crippen LogP contribution in [0.15, 0.2) is 97.1 Å². The predicted octanol–water partition coefficient (Wildman–Crippen LogP) is 4.75. The molecule has 16 heteroatoms. The monoisotopic (exact) mass is 699 g/mol. The number of benzene rings is 4. The predicted molar refractivity (Wildman–Crippen MR) is 208 cm³/mol. The summed E-state index contributed by atoms with van der Waals surface area (Å²) < 4.78 is 0. The number of hydrogen-bond acceptors (Lipinski definition) is 16. The Labute approximate surface area is 300 Å². The summed E-state index contributed by atoms with van der Waals surface area (Å²) in [7, 11) is 0. The molecule has 0 atom stereocenters. The second kappa shape index (κ2) is 17.1. The lowest BCUT2D eigenvalue weighted by Crippen LogP contribution is -2.14. The average molecular weight is 700 g/mol. The van der Waals surface area contributed by atoms with Crippen LogP contribution in [0.4, 0.5) is 69.8 Å². The SMILES string of the molecule is Nc1cccc(Nc2nc(NCCO)nc(NCCc3ccc(Nc4nc(NCCc5ccccc5N)nc(Nc5cccc(N)c5)n4)cc3)n2)c1. The van der Waals surface area contributed by atoms with Crippen molar-refractivity contribution in [3.63, 3.8) is 0 Å². The molecule has 266 valence electrons. The first-order valence-corrected chi connectivity index (χ1v) is 16.7. The zero-order valence-electron chi connectivity index (χ0n) is 28.3. The molecule has 0 unspecified atom stereocenters. The van der Waals surface area contributed by atoms with Gasteiger partial charge >= 0.3 is 0 Å². The summed E-state index contributed by atoms with van der Waals surface area (Å²) in [5, 5.41) is 28.5. The van der Waals surface area contributed by atoms with Crippen LogP contribution in [-0.2, 0) is 12.8 Å². The van der Waals surface area contributed by atoms with Gasteiger partial charge in [-0.25, -0.2) is 0 Å². The first-order chi connectivity index (χ1) is 25.4. The molecule has 52 heavy (non-hydrogen) atoms. The van der Waals surface area contributed by atoms with Crippen molar-refractivity contribution >= 4 is 69.8 Å². The topological polar surface area (TPSA) is 248 Å². The number of nitrogen functional groups attached to an aromatic ring is 3. The largest absolute Gasteiger partial charge is 0.399 e. The second-order valence-corrected chi connectivity index (χ2v) is 11.6. The van der Waals surface area contributed by atoms with Crippen LogP contribution in [0.1, 0.15) is 11.1 Å². The molecule has 16 nitrogen and oxygen atoms in total. The van der Waals surface area contributed by atoms with Gasteiger partial charge in [-0.15, -0.1) is 0 Å². The zero-order valence-corrected chi connectivity index (χ0v) is 28.3. The molecule has 6 rings (SSSR count). The van der Waals surface area contributed by atoms with Crippen LogP contribution in [0, 0.1) is 0 Å². The van der Waals surface area contributed by atoms with Crippen LogP contribution >= 0.6 is 0 Å². The maximum Gasteiger partial charge on any atom is 0.233 e. The van der Waals surface area contributed by atoms with E-state index in [9.17, 15) is 5.11 Å². The number of nitrogens with two attached hydrogens (primary N) is 3. The van der Waals surface area contributed by atoms with Gasteiger partial charge in [-0.3, -0.25) is 0 Å². The van der Waals surface area contributed by atoms with Crippen molar-refractivity contribution < 1.29 is 5.11 Å². The summed E-state index contributed by atoms with van der Waals surface area (Å²) in [6, 6.07) is 30.4. The fourth-order valence-corrected chi connectivity index (χ4v) is 5.09. The molecule has 0 fully saturated rings. The standard InChI is InChI=1S/C36H41N15O/c37-25-6-3-8-28(21-25)44-35-47-31(46-33(50-35)42-19-20-52)40-17-15-23-11-13-27(14-12-23)43-34-48-32(41-18-16-24-5-1-2-10-30(24)39)49-36(51-34)45-29-9-4-7-26(38)22-29/h1-14,21-22,52H,15-20,37-39H2,(H3,40,42,44,46,47,50)(H3,41,43,45,48,49,51). The number of hydrogen-bond donors (Lipinski definition) is 10. The van der Waals surface area contributed by atoms with Gasteiger partial charge in [0, 0.05) is 53.8 Å². The van der Waals surface area contributed by atoms with E-state index in [0.717, 1.165) is 33.9 Å². The molecule has 0 bridgehead atoms.